The standard InChI is InChI=1S/C24H17BrClNO4/c25-15-8-6-14(7-9-15)24-19(13-4-2-1-3-5-13)22(21(28)29)11-18(22)23(24,30)20-17(31-24)10-16(26)12-27-20/h1-10,12,18-19,30H,11H2,(H,28,29)/t18?,19-,22+,23-,24+/m1/s1. The number of carboxylic acid groups (broad SMARTS) is 1. The van der Waals surface area contributed by atoms with Gasteiger partial charge in [-0.25, -0.2) is 0 Å². The van der Waals surface area contributed by atoms with Crippen LogP contribution in [0.25, 0.3) is 0 Å². The van der Waals surface area contributed by atoms with Crippen molar-refractivity contribution in [1.29, 1.82) is 0 Å². The highest BCUT2D eigenvalue weighted by atomic mass is 79.9. The number of aliphatic carboxylic acids is 1. The average molecular weight is 499 g/mol. The van der Waals surface area contributed by atoms with Crippen molar-refractivity contribution in [1.82, 2.24) is 4.98 Å². The number of hydrogen-bond acceptors (Lipinski definition) is 4. The van der Waals surface area contributed by atoms with Crippen LogP contribution in [-0.2, 0) is 16.0 Å². The Hall–Kier alpha value is -2.41. The van der Waals surface area contributed by atoms with Crippen LogP contribution < -0.4 is 4.74 Å². The summed E-state index contributed by atoms with van der Waals surface area (Å²) < 4.78 is 7.47. The molecule has 0 saturated heterocycles. The zero-order valence-corrected chi connectivity index (χ0v) is 18.5. The first kappa shape index (κ1) is 19.3. The van der Waals surface area contributed by atoms with Crippen LogP contribution in [-0.4, -0.2) is 21.2 Å². The van der Waals surface area contributed by atoms with Gasteiger partial charge in [-0.3, -0.25) is 9.78 Å². The maximum atomic E-state index is 12.7. The minimum absolute atomic E-state index is 0.351. The van der Waals surface area contributed by atoms with E-state index in [-0.39, 0.29) is 0 Å². The summed E-state index contributed by atoms with van der Waals surface area (Å²) in [7, 11) is 0. The van der Waals surface area contributed by atoms with Gasteiger partial charge in [-0.1, -0.05) is 70.0 Å². The zero-order valence-electron chi connectivity index (χ0n) is 16.1. The predicted octanol–water partition coefficient (Wildman–Crippen LogP) is 4.86. The molecule has 0 radical (unpaired) electrons. The molecule has 3 aliphatic rings. The van der Waals surface area contributed by atoms with Crippen molar-refractivity contribution >= 4 is 33.5 Å². The quantitative estimate of drug-likeness (QED) is 0.539. The van der Waals surface area contributed by atoms with E-state index in [1.54, 1.807) is 6.07 Å². The van der Waals surface area contributed by atoms with Gasteiger partial charge in [0.1, 0.15) is 11.4 Å². The van der Waals surface area contributed by atoms with E-state index in [2.05, 4.69) is 20.9 Å². The number of halogens is 2. The Kier molecular flexibility index (Phi) is 3.79. The van der Waals surface area contributed by atoms with Crippen LogP contribution in [0, 0.1) is 11.3 Å². The molecule has 0 bridgehead atoms. The minimum atomic E-state index is -1.61. The summed E-state index contributed by atoms with van der Waals surface area (Å²) in [5.41, 5.74) is -2.25. The molecule has 3 aromatic rings. The highest BCUT2D eigenvalue weighted by molar-refractivity contribution is 9.10. The normalized spacial score (nSPS) is 34.4. The van der Waals surface area contributed by atoms with Gasteiger partial charge in [0.05, 0.1) is 10.4 Å². The highest BCUT2D eigenvalue weighted by Crippen LogP contribution is 2.84. The summed E-state index contributed by atoms with van der Waals surface area (Å²) in [4.78, 5) is 17.1. The van der Waals surface area contributed by atoms with Gasteiger partial charge in [-0.05, 0) is 29.7 Å². The number of benzene rings is 2. The number of carboxylic acids is 1. The third kappa shape index (κ3) is 2.15. The molecular formula is C24H17BrClNO4. The fourth-order valence-electron chi connectivity index (χ4n) is 6.08. The van der Waals surface area contributed by atoms with Crippen LogP contribution in [0.15, 0.2) is 71.3 Å². The largest absolute Gasteiger partial charge is 0.481 e. The summed E-state index contributed by atoms with van der Waals surface area (Å²) in [5.74, 6) is -1.70. The molecule has 2 aromatic carbocycles. The number of aromatic nitrogens is 1. The summed E-state index contributed by atoms with van der Waals surface area (Å²) in [6.45, 7) is 0. The van der Waals surface area contributed by atoms with Crippen LogP contribution in [0.5, 0.6) is 5.75 Å². The summed E-state index contributed by atoms with van der Waals surface area (Å²) >= 11 is 9.65. The first-order chi connectivity index (χ1) is 14.9. The topological polar surface area (TPSA) is 79.7 Å². The molecule has 5 atom stereocenters. The average Bonchev–Trinajstić information content (AvgIpc) is 3.40. The summed E-state index contributed by atoms with van der Waals surface area (Å²) in [6.07, 6.45) is 1.82. The van der Waals surface area contributed by atoms with Gasteiger partial charge >= 0.3 is 5.97 Å². The van der Waals surface area contributed by atoms with Crippen molar-refractivity contribution in [3.63, 3.8) is 0 Å². The van der Waals surface area contributed by atoms with Crippen molar-refractivity contribution < 1.29 is 19.7 Å². The van der Waals surface area contributed by atoms with Crippen molar-refractivity contribution in [3.8, 4) is 5.75 Å². The van der Waals surface area contributed by atoms with Crippen LogP contribution >= 0.6 is 27.5 Å². The summed E-state index contributed by atoms with van der Waals surface area (Å²) in [6, 6.07) is 18.6. The maximum absolute atomic E-state index is 12.7. The lowest BCUT2D eigenvalue weighted by molar-refractivity contribution is -0.147. The third-order valence-corrected chi connectivity index (χ3v) is 7.99. The van der Waals surface area contributed by atoms with Crippen molar-refractivity contribution in [2.45, 2.75) is 23.5 Å². The molecule has 2 heterocycles. The fraction of sp³-hybridized carbons (Fsp3) is 0.250. The van der Waals surface area contributed by atoms with Crippen molar-refractivity contribution in [2.24, 2.45) is 11.3 Å². The monoisotopic (exact) mass is 497 g/mol. The van der Waals surface area contributed by atoms with Crippen LogP contribution in [0.3, 0.4) is 0 Å². The van der Waals surface area contributed by atoms with E-state index < -0.39 is 34.4 Å². The van der Waals surface area contributed by atoms with Gasteiger partial charge in [0.25, 0.3) is 0 Å². The van der Waals surface area contributed by atoms with Gasteiger partial charge in [-0.15, -0.1) is 0 Å². The lowest BCUT2D eigenvalue weighted by Crippen LogP contribution is -2.51. The zero-order chi connectivity index (χ0) is 21.6. The SMILES string of the molecule is O=C(O)[C@@]12CC1[C@@]1(O)c3ncc(Cl)cc3O[C@@]1(c1ccc(Br)cc1)[C@@H]2c1ccccc1. The maximum Gasteiger partial charge on any atom is 0.310 e. The van der Waals surface area contributed by atoms with E-state index in [0.717, 1.165) is 10.0 Å². The molecule has 2 saturated carbocycles. The number of carbonyl (C=O) groups is 1. The van der Waals surface area contributed by atoms with E-state index in [4.69, 9.17) is 16.3 Å². The van der Waals surface area contributed by atoms with Gasteiger partial charge in [0.2, 0.25) is 0 Å². The van der Waals surface area contributed by atoms with E-state index in [9.17, 15) is 15.0 Å². The molecule has 1 aliphatic heterocycles. The van der Waals surface area contributed by atoms with Crippen molar-refractivity contribution in [3.05, 3.63) is 93.2 Å². The number of fused-ring (bicyclic) bond motifs is 5. The molecule has 0 spiro atoms. The van der Waals surface area contributed by atoms with Gasteiger partial charge in [-0.2, -0.15) is 0 Å². The summed E-state index contributed by atoms with van der Waals surface area (Å²) in [5, 5.41) is 23.2. The molecule has 5 nitrogen and oxygen atoms in total. The molecule has 2 N–H and O–H groups in total. The predicted molar refractivity (Wildman–Crippen MR) is 117 cm³/mol. The van der Waals surface area contributed by atoms with E-state index in [1.807, 2.05) is 54.6 Å². The Balaban J connectivity index is 1.71. The fourth-order valence-corrected chi connectivity index (χ4v) is 6.49. The lowest BCUT2D eigenvalue weighted by Gasteiger charge is -2.43. The van der Waals surface area contributed by atoms with Gasteiger partial charge in [0.15, 0.2) is 11.2 Å². The number of ether oxygens (including phenoxy) is 1. The smallest absolute Gasteiger partial charge is 0.310 e. The molecule has 156 valence electrons. The first-order valence-corrected chi connectivity index (χ1v) is 11.1. The van der Waals surface area contributed by atoms with E-state index in [0.29, 0.717) is 28.5 Å². The Bertz CT molecular complexity index is 1240. The van der Waals surface area contributed by atoms with Crippen molar-refractivity contribution in [2.75, 3.05) is 0 Å². The number of aliphatic hydroxyl groups is 1. The Labute approximate surface area is 191 Å². The second-order valence-corrected chi connectivity index (χ2v) is 9.91. The number of hydrogen-bond donors (Lipinski definition) is 2. The Morgan fingerprint density at radius 2 is 1.87 bits per heavy atom. The minimum Gasteiger partial charge on any atom is -0.481 e. The van der Waals surface area contributed by atoms with Crippen LogP contribution in [0.2, 0.25) is 5.02 Å². The molecule has 1 unspecified atom stereocenters. The van der Waals surface area contributed by atoms with Gasteiger partial charge < -0.3 is 14.9 Å². The third-order valence-electron chi connectivity index (χ3n) is 7.25. The molecule has 6 rings (SSSR count). The second kappa shape index (κ2) is 6.09. The first-order valence-electron chi connectivity index (χ1n) is 9.97. The number of pyridine rings is 1. The lowest BCUT2D eigenvalue weighted by atomic mass is 9.67. The molecule has 2 fully saturated rings. The molecule has 31 heavy (non-hydrogen) atoms. The highest BCUT2D eigenvalue weighted by Gasteiger charge is 2.90. The Morgan fingerprint density at radius 3 is 2.55 bits per heavy atom. The second-order valence-electron chi connectivity index (χ2n) is 8.56. The molecule has 2 aliphatic carbocycles. The van der Waals surface area contributed by atoms with Crippen LogP contribution in [0.1, 0.15) is 29.2 Å². The van der Waals surface area contributed by atoms with E-state index in [1.165, 1.54) is 6.20 Å². The van der Waals surface area contributed by atoms with Gasteiger partial charge in [0, 0.05) is 28.6 Å². The molecule has 7 heteroatoms. The molecular weight excluding hydrogens is 482 g/mol. The number of nitrogens with zero attached hydrogens (tertiary/aromatic N) is 1. The molecule has 0 amide bonds. The Morgan fingerprint density at radius 1 is 1.16 bits per heavy atom. The number of rotatable bonds is 3. The van der Waals surface area contributed by atoms with Crippen LogP contribution in [0.4, 0.5) is 0 Å². The molecule has 1 aromatic heterocycles. The van der Waals surface area contributed by atoms with E-state index >= 15 is 0 Å².